The summed E-state index contributed by atoms with van der Waals surface area (Å²) in [4.78, 5) is 23.2. The number of methoxy groups -OCH3 is 1. The first-order valence-corrected chi connectivity index (χ1v) is 6.41. The highest BCUT2D eigenvalue weighted by atomic mass is 16.5. The highest BCUT2D eigenvalue weighted by molar-refractivity contribution is 6.00. The van der Waals surface area contributed by atoms with Crippen LogP contribution in [0.1, 0.15) is 36.5 Å². The van der Waals surface area contributed by atoms with E-state index in [1.807, 2.05) is 0 Å². The number of hydrogen-bond acceptors (Lipinski definition) is 3. The number of hydrogen-bond donors (Lipinski definition) is 2. The summed E-state index contributed by atoms with van der Waals surface area (Å²) >= 11 is 0. The van der Waals surface area contributed by atoms with Gasteiger partial charge >= 0.3 is 12.0 Å². The quantitative estimate of drug-likeness (QED) is 0.613. The summed E-state index contributed by atoms with van der Waals surface area (Å²) in [7, 11) is 1.31. The summed E-state index contributed by atoms with van der Waals surface area (Å²) in [6.45, 7) is 2.73. The van der Waals surface area contributed by atoms with Crippen molar-refractivity contribution in [3.8, 4) is 0 Å². The van der Waals surface area contributed by atoms with Crippen molar-refractivity contribution in [1.82, 2.24) is 5.32 Å². The van der Waals surface area contributed by atoms with Gasteiger partial charge in [-0.25, -0.2) is 9.59 Å². The van der Waals surface area contributed by atoms with Crippen LogP contribution in [0.25, 0.3) is 0 Å². The summed E-state index contributed by atoms with van der Waals surface area (Å²) in [6, 6.07) is 6.43. The third-order valence-electron chi connectivity index (χ3n) is 2.65. The molecule has 0 saturated heterocycles. The minimum absolute atomic E-state index is 0.313. The molecule has 0 aliphatic carbocycles. The maximum absolute atomic E-state index is 11.7. The van der Waals surface area contributed by atoms with Crippen LogP contribution in [0.5, 0.6) is 0 Å². The predicted molar refractivity (Wildman–Crippen MR) is 74.3 cm³/mol. The standard InChI is InChI=1S/C14H20N2O3/c1-3-4-7-10-15-14(18)16-12-9-6-5-8-11(12)13(17)19-2/h5-6,8-9H,3-4,7,10H2,1-2H3,(H2,15,16,18). The minimum Gasteiger partial charge on any atom is -0.465 e. The smallest absolute Gasteiger partial charge is 0.339 e. The molecule has 0 aliphatic rings. The molecule has 0 atom stereocenters. The SMILES string of the molecule is CCCCCNC(=O)Nc1ccccc1C(=O)OC. The van der Waals surface area contributed by atoms with Crippen LogP contribution in [0, 0.1) is 0 Å². The second-order valence-electron chi connectivity index (χ2n) is 4.13. The lowest BCUT2D eigenvalue weighted by Crippen LogP contribution is -2.30. The lowest BCUT2D eigenvalue weighted by molar-refractivity contribution is 0.0602. The number of carbonyl (C=O) groups is 2. The number of esters is 1. The molecule has 1 aromatic carbocycles. The first-order chi connectivity index (χ1) is 9.19. The van der Waals surface area contributed by atoms with E-state index in [9.17, 15) is 9.59 Å². The number of para-hydroxylation sites is 1. The zero-order valence-electron chi connectivity index (χ0n) is 11.4. The zero-order chi connectivity index (χ0) is 14.1. The predicted octanol–water partition coefficient (Wildman–Crippen LogP) is 2.78. The van der Waals surface area contributed by atoms with Crippen LogP contribution in [0.3, 0.4) is 0 Å². The van der Waals surface area contributed by atoms with Gasteiger partial charge in [-0.3, -0.25) is 0 Å². The van der Waals surface area contributed by atoms with Gasteiger partial charge in [-0.05, 0) is 18.6 Å². The van der Waals surface area contributed by atoms with Crippen molar-refractivity contribution in [3.63, 3.8) is 0 Å². The highest BCUT2D eigenvalue weighted by Gasteiger charge is 2.12. The van der Waals surface area contributed by atoms with Crippen molar-refractivity contribution in [3.05, 3.63) is 29.8 Å². The Kier molecular flexibility index (Phi) is 6.43. The van der Waals surface area contributed by atoms with Gasteiger partial charge in [-0.2, -0.15) is 0 Å². The van der Waals surface area contributed by atoms with E-state index in [1.165, 1.54) is 7.11 Å². The van der Waals surface area contributed by atoms with Crippen LogP contribution in [0.4, 0.5) is 10.5 Å². The van der Waals surface area contributed by atoms with Crippen LogP contribution in [0.2, 0.25) is 0 Å². The topological polar surface area (TPSA) is 67.4 Å². The lowest BCUT2D eigenvalue weighted by atomic mass is 10.2. The maximum atomic E-state index is 11.7. The fourth-order valence-corrected chi connectivity index (χ4v) is 1.62. The van der Waals surface area contributed by atoms with E-state index in [-0.39, 0.29) is 6.03 Å². The van der Waals surface area contributed by atoms with Gasteiger partial charge in [0.25, 0.3) is 0 Å². The van der Waals surface area contributed by atoms with Gasteiger partial charge in [-0.1, -0.05) is 31.9 Å². The van der Waals surface area contributed by atoms with E-state index in [1.54, 1.807) is 24.3 Å². The number of ether oxygens (including phenoxy) is 1. The molecule has 0 saturated carbocycles. The Bertz CT molecular complexity index is 432. The number of nitrogens with one attached hydrogen (secondary N) is 2. The lowest BCUT2D eigenvalue weighted by Gasteiger charge is -2.10. The molecule has 0 bridgehead atoms. The molecule has 0 spiro atoms. The van der Waals surface area contributed by atoms with Crippen LogP contribution >= 0.6 is 0 Å². The third-order valence-corrected chi connectivity index (χ3v) is 2.65. The van der Waals surface area contributed by atoms with Gasteiger partial charge in [-0.15, -0.1) is 0 Å². The van der Waals surface area contributed by atoms with Gasteiger partial charge in [0, 0.05) is 6.54 Å². The summed E-state index contributed by atoms with van der Waals surface area (Å²) in [5, 5.41) is 5.40. The van der Waals surface area contributed by atoms with E-state index in [0.29, 0.717) is 17.8 Å². The molecule has 0 radical (unpaired) electrons. The van der Waals surface area contributed by atoms with Gasteiger partial charge < -0.3 is 15.4 Å². The first kappa shape index (κ1) is 15.0. The summed E-state index contributed by atoms with van der Waals surface area (Å²) < 4.78 is 4.66. The Labute approximate surface area is 113 Å². The van der Waals surface area contributed by atoms with Gasteiger partial charge in [0.15, 0.2) is 0 Å². The molecule has 0 unspecified atom stereocenters. The number of urea groups is 1. The van der Waals surface area contributed by atoms with E-state index in [2.05, 4.69) is 22.3 Å². The molecule has 0 aliphatic heterocycles. The zero-order valence-corrected chi connectivity index (χ0v) is 11.4. The number of unbranched alkanes of at least 4 members (excludes halogenated alkanes) is 2. The molecule has 2 amide bonds. The molecule has 0 heterocycles. The molecular weight excluding hydrogens is 244 g/mol. The van der Waals surface area contributed by atoms with Crippen LogP contribution in [-0.2, 0) is 4.74 Å². The number of amides is 2. The third kappa shape index (κ3) is 4.99. The number of carbonyl (C=O) groups excluding carboxylic acids is 2. The summed E-state index contributed by atoms with van der Waals surface area (Å²) in [6.07, 6.45) is 3.13. The maximum Gasteiger partial charge on any atom is 0.339 e. The van der Waals surface area contributed by atoms with Crippen molar-refractivity contribution in [2.24, 2.45) is 0 Å². The van der Waals surface area contributed by atoms with E-state index in [4.69, 9.17) is 0 Å². The fraction of sp³-hybridized carbons (Fsp3) is 0.429. The molecule has 19 heavy (non-hydrogen) atoms. The average molecular weight is 264 g/mol. The van der Waals surface area contributed by atoms with Crippen molar-refractivity contribution in [1.29, 1.82) is 0 Å². The monoisotopic (exact) mass is 264 g/mol. The largest absolute Gasteiger partial charge is 0.465 e. The van der Waals surface area contributed by atoms with Crippen LogP contribution < -0.4 is 10.6 Å². The van der Waals surface area contributed by atoms with E-state index in [0.717, 1.165) is 19.3 Å². The van der Waals surface area contributed by atoms with Crippen LogP contribution in [-0.4, -0.2) is 25.7 Å². The second kappa shape index (κ2) is 8.13. The Hall–Kier alpha value is -2.04. The second-order valence-corrected chi connectivity index (χ2v) is 4.13. The molecule has 5 heteroatoms. The summed E-state index contributed by atoms with van der Waals surface area (Å²) in [5.74, 6) is -0.470. The molecule has 1 rings (SSSR count). The molecule has 104 valence electrons. The molecule has 2 N–H and O–H groups in total. The Morgan fingerprint density at radius 2 is 1.95 bits per heavy atom. The van der Waals surface area contributed by atoms with Crippen molar-refractivity contribution in [2.45, 2.75) is 26.2 Å². The number of rotatable bonds is 6. The number of benzene rings is 1. The minimum atomic E-state index is -0.470. The molecule has 0 aromatic heterocycles. The molecule has 0 fully saturated rings. The normalized spacial score (nSPS) is 9.79. The summed E-state index contributed by atoms with van der Waals surface area (Å²) in [5.41, 5.74) is 0.788. The van der Waals surface area contributed by atoms with Crippen molar-refractivity contribution in [2.75, 3.05) is 19.0 Å². The number of anilines is 1. The van der Waals surface area contributed by atoms with Gasteiger partial charge in [0.2, 0.25) is 0 Å². The Morgan fingerprint density at radius 1 is 1.21 bits per heavy atom. The molecule has 1 aromatic rings. The molecular formula is C14H20N2O3. The van der Waals surface area contributed by atoms with Crippen molar-refractivity contribution < 1.29 is 14.3 Å². The first-order valence-electron chi connectivity index (χ1n) is 6.41. The van der Waals surface area contributed by atoms with Gasteiger partial charge in [0.1, 0.15) is 0 Å². The Balaban J connectivity index is 2.56. The fourth-order valence-electron chi connectivity index (χ4n) is 1.62. The van der Waals surface area contributed by atoms with E-state index < -0.39 is 5.97 Å². The highest BCUT2D eigenvalue weighted by Crippen LogP contribution is 2.15. The van der Waals surface area contributed by atoms with Crippen molar-refractivity contribution >= 4 is 17.7 Å². The average Bonchev–Trinajstić information content (AvgIpc) is 2.43. The Morgan fingerprint density at radius 3 is 2.63 bits per heavy atom. The van der Waals surface area contributed by atoms with Crippen LogP contribution in [0.15, 0.2) is 24.3 Å². The van der Waals surface area contributed by atoms with Gasteiger partial charge in [0.05, 0.1) is 18.4 Å². The molecule has 5 nitrogen and oxygen atoms in total. The van der Waals surface area contributed by atoms with E-state index >= 15 is 0 Å².